The number of nitrogens with one attached hydrogen (secondary N) is 1. The highest BCUT2D eigenvalue weighted by atomic mass is 16.7. The first kappa shape index (κ1) is 14.8. The maximum Gasteiger partial charge on any atom is 0.513 e. The molecule has 6 heteroatoms. The Bertz CT molecular complexity index is 606. The Morgan fingerprint density at radius 2 is 1.76 bits per heavy atom. The Morgan fingerprint density at radius 1 is 1.14 bits per heavy atom. The third kappa shape index (κ3) is 4.45. The minimum Gasteiger partial charge on any atom is -0.434 e. The van der Waals surface area contributed by atoms with Crippen LogP contribution in [0.3, 0.4) is 0 Å². The second-order valence-electron chi connectivity index (χ2n) is 4.41. The molecule has 0 aliphatic carbocycles. The highest BCUT2D eigenvalue weighted by Gasteiger charge is 2.05. The molecule has 1 heterocycles. The Kier molecular flexibility index (Phi) is 4.71. The van der Waals surface area contributed by atoms with E-state index in [2.05, 4.69) is 15.3 Å². The highest BCUT2D eigenvalue weighted by Crippen LogP contribution is 2.19. The van der Waals surface area contributed by atoms with Crippen LogP contribution in [0.15, 0.2) is 30.3 Å². The van der Waals surface area contributed by atoms with E-state index in [1.807, 2.05) is 19.9 Å². The molecule has 0 bridgehead atoms. The molecule has 1 N–H and O–H groups in total. The number of benzene rings is 1. The first-order valence-electron chi connectivity index (χ1n) is 6.61. The number of carbonyl (C=O) groups excluding carboxylic acids is 1. The van der Waals surface area contributed by atoms with Crippen molar-refractivity contribution in [3.63, 3.8) is 0 Å². The van der Waals surface area contributed by atoms with E-state index in [9.17, 15) is 4.79 Å². The van der Waals surface area contributed by atoms with Gasteiger partial charge in [0.15, 0.2) is 0 Å². The number of aryl methyl sites for hydroxylation is 2. The van der Waals surface area contributed by atoms with E-state index in [-0.39, 0.29) is 6.61 Å². The van der Waals surface area contributed by atoms with Crippen LogP contribution >= 0.6 is 0 Å². The van der Waals surface area contributed by atoms with Crippen LogP contribution in [0, 0.1) is 13.8 Å². The standard InChI is InChI=1S/C15H17N3O3/c1-4-20-15(19)21-13-7-5-12(6-8-13)18-14-16-10(2)9-11(3)17-14/h5-9H,4H2,1-3H3,(H,16,17,18). The van der Waals surface area contributed by atoms with Gasteiger partial charge in [0.1, 0.15) is 5.75 Å². The van der Waals surface area contributed by atoms with Crippen molar-refractivity contribution in [3.05, 3.63) is 41.7 Å². The smallest absolute Gasteiger partial charge is 0.434 e. The topological polar surface area (TPSA) is 73.3 Å². The molecule has 21 heavy (non-hydrogen) atoms. The van der Waals surface area contributed by atoms with E-state index in [0.29, 0.717) is 11.7 Å². The van der Waals surface area contributed by atoms with E-state index in [0.717, 1.165) is 17.1 Å². The molecule has 0 aliphatic rings. The average Bonchev–Trinajstić information content (AvgIpc) is 2.40. The number of nitrogens with zero attached hydrogens (tertiary/aromatic N) is 2. The maximum absolute atomic E-state index is 11.2. The lowest BCUT2D eigenvalue weighted by atomic mass is 10.3. The van der Waals surface area contributed by atoms with Crippen molar-refractivity contribution in [2.45, 2.75) is 20.8 Å². The van der Waals surface area contributed by atoms with Crippen molar-refractivity contribution in [2.75, 3.05) is 11.9 Å². The van der Waals surface area contributed by atoms with Crippen LogP contribution in [0.2, 0.25) is 0 Å². The first-order chi connectivity index (χ1) is 10.1. The second-order valence-corrected chi connectivity index (χ2v) is 4.41. The predicted molar refractivity (Wildman–Crippen MR) is 78.9 cm³/mol. The molecule has 0 radical (unpaired) electrons. The fourth-order valence-electron chi connectivity index (χ4n) is 1.76. The SMILES string of the molecule is CCOC(=O)Oc1ccc(Nc2nc(C)cc(C)n2)cc1. The summed E-state index contributed by atoms with van der Waals surface area (Å²) in [5.74, 6) is 0.951. The second kappa shape index (κ2) is 6.69. The largest absolute Gasteiger partial charge is 0.513 e. The van der Waals surface area contributed by atoms with E-state index < -0.39 is 6.16 Å². The first-order valence-corrected chi connectivity index (χ1v) is 6.61. The van der Waals surface area contributed by atoms with E-state index in [1.54, 1.807) is 31.2 Å². The van der Waals surface area contributed by atoms with Gasteiger partial charge >= 0.3 is 6.16 Å². The molecule has 2 aromatic rings. The summed E-state index contributed by atoms with van der Waals surface area (Å²) in [5.41, 5.74) is 2.59. The van der Waals surface area contributed by atoms with Crippen molar-refractivity contribution < 1.29 is 14.3 Å². The molecule has 0 saturated carbocycles. The number of hydrogen-bond donors (Lipinski definition) is 1. The zero-order valence-corrected chi connectivity index (χ0v) is 12.2. The van der Waals surface area contributed by atoms with Crippen LogP contribution in [0.25, 0.3) is 0 Å². The van der Waals surface area contributed by atoms with E-state index in [4.69, 9.17) is 9.47 Å². The van der Waals surface area contributed by atoms with Gasteiger partial charge in [-0.1, -0.05) is 0 Å². The van der Waals surface area contributed by atoms with Crippen LogP contribution in [-0.4, -0.2) is 22.7 Å². The van der Waals surface area contributed by atoms with Gasteiger partial charge in [0.05, 0.1) is 6.61 Å². The fraction of sp³-hybridized carbons (Fsp3) is 0.267. The molecule has 0 aliphatic heterocycles. The van der Waals surface area contributed by atoms with Crippen LogP contribution in [0.1, 0.15) is 18.3 Å². The quantitative estimate of drug-likeness (QED) is 0.686. The number of aromatic nitrogens is 2. The lowest BCUT2D eigenvalue weighted by Crippen LogP contribution is -2.09. The molecule has 0 saturated heterocycles. The van der Waals surface area contributed by atoms with Crippen LogP contribution < -0.4 is 10.1 Å². The summed E-state index contributed by atoms with van der Waals surface area (Å²) in [6, 6.07) is 8.79. The monoisotopic (exact) mass is 287 g/mol. The molecule has 0 spiro atoms. The summed E-state index contributed by atoms with van der Waals surface area (Å²) < 4.78 is 9.68. The Balaban J connectivity index is 2.03. The highest BCUT2D eigenvalue weighted by molar-refractivity contribution is 5.64. The zero-order chi connectivity index (χ0) is 15.2. The molecule has 0 fully saturated rings. The molecule has 1 aromatic carbocycles. The molecule has 110 valence electrons. The summed E-state index contributed by atoms with van der Waals surface area (Å²) in [6.07, 6.45) is -0.712. The molecule has 1 aromatic heterocycles. The molecule has 0 amide bonds. The van der Waals surface area contributed by atoms with Gasteiger partial charge in [0.25, 0.3) is 0 Å². The van der Waals surface area contributed by atoms with Gasteiger partial charge < -0.3 is 14.8 Å². The van der Waals surface area contributed by atoms with Crippen molar-refractivity contribution in [1.29, 1.82) is 0 Å². The van der Waals surface area contributed by atoms with Crippen molar-refractivity contribution in [3.8, 4) is 5.75 Å². The Hall–Kier alpha value is -2.63. The summed E-state index contributed by atoms with van der Waals surface area (Å²) in [5, 5.41) is 3.10. The minimum atomic E-state index is -0.712. The third-order valence-electron chi connectivity index (χ3n) is 2.56. The minimum absolute atomic E-state index is 0.280. The number of carbonyl (C=O) groups is 1. The number of ether oxygens (including phenoxy) is 2. The molecular formula is C15H17N3O3. The van der Waals surface area contributed by atoms with Gasteiger partial charge in [-0.2, -0.15) is 0 Å². The normalized spacial score (nSPS) is 10.0. The van der Waals surface area contributed by atoms with Crippen molar-refractivity contribution in [2.24, 2.45) is 0 Å². The Labute approximate surface area is 123 Å². The van der Waals surface area contributed by atoms with Gasteiger partial charge in [-0.05, 0) is 51.1 Å². The Morgan fingerprint density at radius 3 is 2.33 bits per heavy atom. The number of rotatable bonds is 4. The third-order valence-corrected chi connectivity index (χ3v) is 2.56. The summed E-state index contributed by atoms with van der Waals surface area (Å²) >= 11 is 0. The molecule has 6 nitrogen and oxygen atoms in total. The zero-order valence-electron chi connectivity index (χ0n) is 12.2. The average molecular weight is 287 g/mol. The van der Waals surface area contributed by atoms with Crippen molar-refractivity contribution >= 4 is 17.8 Å². The van der Waals surface area contributed by atoms with Gasteiger partial charge in [0, 0.05) is 17.1 Å². The van der Waals surface area contributed by atoms with Gasteiger partial charge in [-0.25, -0.2) is 14.8 Å². The van der Waals surface area contributed by atoms with Crippen LogP contribution in [-0.2, 0) is 4.74 Å². The van der Waals surface area contributed by atoms with E-state index in [1.165, 1.54) is 0 Å². The predicted octanol–water partition coefficient (Wildman–Crippen LogP) is 3.37. The maximum atomic E-state index is 11.2. The van der Waals surface area contributed by atoms with Crippen molar-refractivity contribution in [1.82, 2.24) is 9.97 Å². The van der Waals surface area contributed by atoms with Gasteiger partial charge in [-0.15, -0.1) is 0 Å². The summed E-state index contributed by atoms with van der Waals surface area (Å²) in [6.45, 7) is 5.83. The lowest BCUT2D eigenvalue weighted by molar-refractivity contribution is 0.104. The van der Waals surface area contributed by atoms with Gasteiger partial charge in [0.2, 0.25) is 5.95 Å². The number of hydrogen-bond acceptors (Lipinski definition) is 6. The summed E-state index contributed by atoms with van der Waals surface area (Å²) in [7, 11) is 0. The van der Waals surface area contributed by atoms with Crippen LogP contribution in [0.4, 0.5) is 16.4 Å². The molecular weight excluding hydrogens is 270 g/mol. The van der Waals surface area contributed by atoms with E-state index >= 15 is 0 Å². The molecule has 2 rings (SSSR count). The summed E-state index contributed by atoms with van der Waals surface area (Å²) in [4.78, 5) is 19.8. The fourth-order valence-corrected chi connectivity index (χ4v) is 1.76. The molecule has 0 atom stereocenters. The number of anilines is 2. The van der Waals surface area contributed by atoms with Gasteiger partial charge in [-0.3, -0.25) is 0 Å². The molecule has 0 unspecified atom stereocenters. The lowest BCUT2D eigenvalue weighted by Gasteiger charge is -2.08. The van der Waals surface area contributed by atoms with Crippen LogP contribution in [0.5, 0.6) is 5.75 Å².